The van der Waals surface area contributed by atoms with Crippen LogP contribution in [0.2, 0.25) is 0 Å². The minimum Gasteiger partial charge on any atom is -0.381 e. The third kappa shape index (κ3) is 3.55. The maximum Gasteiger partial charge on any atom is 0.256 e. The average Bonchev–Trinajstić information content (AvgIpc) is 2.57. The van der Waals surface area contributed by atoms with E-state index in [1.807, 2.05) is 7.05 Å². The molecule has 7 nitrogen and oxygen atoms in total. The number of primary sulfonamides is 1. The molecule has 0 saturated carbocycles. The van der Waals surface area contributed by atoms with Gasteiger partial charge in [-0.1, -0.05) is 0 Å². The summed E-state index contributed by atoms with van der Waals surface area (Å²) in [5.41, 5.74) is -0.446. The maximum atomic E-state index is 14.2. The fraction of sp³-hybridized carbons (Fsp3) is 0.562. The Labute approximate surface area is 146 Å². The summed E-state index contributed by atoms with van der Waals surface area (Å²) < 4.78 is 42.6. The summed E-state index contributed by atoms with van der Waals surface area (Å²) >= 11 is 0. The van der Waals surface area contributed by atoms with E-state index in [0.717, 1.165) is 31.0 Å². The number of likely N-dealkylation sites (N-methyl/N-ethyl adjacent to an activating group) is 1. The monoisotopic (exact) mass is 371 g/mol. The van der Waals surface area contributed by atoms with Gasteiger partial charge >= 0.3 is 0 Å². The molecule has 3 rings (SSSR count). The van der Waals surface area contributed by atoms with Crippen molar-refractivity contribution >= 4 is 15.9 Å². The van der Waals surface area contributed by atoms with Crippen LogP contribution in [0.15, 0.2) is 23.1 Å². The fourth-order valence-corrected chi connectivity index (χ4v) is 4.08. The summed E-state index contributed by atoms with van der Waals surface area (Å²) in [6.07, 6.45) is 1.60. The van der Waals surface area contributed by atoms with Crippen molar-refractivity contribution in [3.63, 3.8) is 0 Å². The van der Waals surface area contributed by atoms with Crippen LogP contribution < -0.4 is 5.14 Å². The van der Waals surface area contributed by atoms with Crippen LogP contribution >= 0.6 is 0 Å². The summed E-state index contributed by atoms with van der Waals surface area (Å²) in [5, 5.41) is 5.09. The number of benzene rings is 1. The molecular formula is C16H22FN3O4S. The molecule has 0 bridgehead atoms. The number of rotatable bonds is 2. The van der Waals surface area contributed by atoms with Crippen LogP contribution in [0.1, 0.15) is 23.2 Å². The summed E-state index contributed by atoms with van der Waals surface area (Å²) in [4.78, 5) is 16.4. The summed E-state index contributed by atoms with van der Waals surface area (Å²) in [7, 11) is -1.98. The number of hydrogen-bond donors (Lipinski definition) is 1. The number of amides is 1. The molecule has 9 heteroatoms. The Bertz CT molecular complexity index is 778. The first-order chi connectivity index (χ1) is 11.7. The highest BCUT2D eigenvalue weighted by Crippen LogP contribution is 2.31. The molecule has 0 radical (unpaired) electrons. The van der Waals surface area contributed by atoms with Crippen molar-refractivity contribution in [2.75, 3.05) is 39.9 Å². The second-order valence-corrected chi connectivity index (χ2v) is 8.23. The topological polar surface area (TPSA) is 92.9 Å². The van der Waals surface area contributed by atoms with Gasteiger partial charge in [0.25, 0.3) is 5.91 Å². The zero-order chi connectivity index (χ0) is 18.2. The van der Waals surface area contributed by atoms with E-state index >= 15 is 0 Å². The predicted molar refractivity (Wildman–Crippen MR) is 89.1 cm³/mol. The molecule has 0 unspecified atom stereocenters. The van der Waals surface area contributed by atoms with E-state index in [2.05, 4.69) is 4.90 Å². The van der Waals surface area contributed by atoms with E-state index in [4.69, 9.17) is 9.88 Å². The van der Waals surface area contributed by atoms with Crippen molar-refractivity contribution in [3.8, 4) is 0 Å². The lowest BCUT2D eigenvalue weighted by Gasteiger charge is -2.51. The highest BCUT2D eigenvalue weighted by atomic mass is 32.2. The number of sulfonamides is 1. The molecule has 1 aromatic carbocycles. The Kier molecular flexibility index (Phi) is 4.84. The zero-order valence-electron chi connectivity index (χ0n) is 14.1. The van der Waals surface area contributed by atoms with Crippen molar-refractivity contribution in [1.29, 1.82) is 0 Å². The number of ether oxygens (including phenoxy) is 1. The quantitative estimate of drug-likeness (QED) is 0.813. The van der Waals surface area contributed by atoms with Gasteiger partial charge in [0.15, 0.2) is 0 Å². The van der Waals surface area contributed by atoms with Gasteiger partial charge in [-0.15, -0.1) is 0 Å². The Morgan fingerprint density at radius 3 is 2.60 bits per heavy atom. The Hall–Kier alpha value is -1.55. The number of piperazine rings is 1. The van der Waals surface area contributed by atoms with E-state index in [9.17, 15) is 17.6 Å². The molecule has 138 valence electrons. The van der Waals surface area contributed by atoms with Crippen LogP contribution in [0.5, 0.6) is 0 Å². The van der Waals surface area contributed by atoms with Crippen LogP contribution in [-0.4, -0.2) is 69.6 Å². The van der Waals surface area contributed by atoms with E-state index in [1.165, 1.54) is 0 Å². The molecule has 2 heterocycles. The van der Waals surface area contributed by atoms with Gasteiger partial charge < -0.3 is 9.64 Å². The molecular weight excluding hydrogens is 349 g/mol. The van der Waals surface area contributed by atoms with Gasteiger partial charge in [-0.3, -0.25) is 9.69 Å². The lowest BCUT2D eigenvalue weighted by Crippen LogP contribution is -2.63. The first-order valence-corrected chi connectivity index (χ1v) is 9.68. The van der Waals surface area contributed by atoms with Gasteiger partial charge in [0, 0.05) is 38.4 Å². The summed E-state index contributed by atoms with van der Waals surface area (Å²) in [5.74, 6) is -1.26. The second-order valence-electron chi connectivity index (χ2n) is 6.67. The van der Waals surface area contributed by atoms with Gasteiger partial charge in [0.1, 0.15) is 5.82 Å². The molecule has 2 N–H and O–H groups in total. The Balaban J connectivity index is 1.88. The first kappa shape index (κ1) is 18.2. The molecule has 1 spiro atoms. The third-order valence-electron chi connectivity index (χ3n) is 5.21. The molecule has 0 atom stereocenters. The van der Waals surface area contributed by atoms with Crippen LogP contribution in [0.3, 0.4) is 0 Å². The molecule has 0 aromatic heterocycles. The van der Waals surface area contributed by atoms with Crippen molar-refractivity contribution in [3.05, 3.63) is 29.6 Å². The maximum absolute atomic E-state index is 14.2. The van der Waals surface area contributed by atoms with Gasteiger partial charge in [0.2, 0.25) is 10.0 Å². The number of halogens is 1. The van der Waals surface area contributed by atoms with E-state index in [-0.39, 0.29) is 16.0 Å². The predicted octanol–water partition coefficient (Wildman–Crippen LogP) is 0.410. The number of nitrogens with two attached hydrogens (primary N) is 1. The van der Waals surface area contributed by atoms with Gasteiger partial charge in [-0.2, -0.15) is 0 Å². The molecule has 2 saturated heterocycles. The molecule has 2 fully saturated rings. The van der Waals surface area contributed by atoms with Crippen molar-refractivity contribution in [2.45, 2.75) is 23.3 Å². The zero-order valence-corrected chi connectivity index (χ0v) is 14.9. The van der Waals surface area contributed by atoms with E-state index < -0.39 is 21.7 Å². The van der Waals surface area contributed by atoms with Gasteiger partial charge in [-0.05, 0) is 38.1 Å². The summed E-state index contributed by atoms with van der Waals surface area (Å²) in [6.45, 7) is 2.84. The highest BCUT2D eigenvalue weighted by Gasteiger charge is 2.42. The van der Waals surface area contributed by atoms with Gasteiger partial charge in [0.05, 0.1) is 10.5 Å². The fourth-order valence-electron chi connectivity index (χ4n) is 3.54. The van der Waals surface area contributed by atoms with E-state index in [1.54, 1.807) is 4.90 Å². The molecule has 1 aromatic rings. The SMILES string of the molecule is CN1CCN(C(=O)c2cc(S(N)(=O)=O)ccc2F)CC12CCOCC2. The largest absolute Gasteiger partial charge is 0.381 e. The molecule has 25 heavy (non-hydrogen) atoms. The van der Waals surface area contributed by atoms with Crippen LogP contribution in [0, 0.1) is 5.82 Å². The van der Waals surface area contributed by atoms with Crippen molar-refractivity contribution < 1.29 is 22.3 Å². The van der Waals surface area contributed by atoms with Crippen LogP contribution in [0.25, 0.3) is 0 Å². The van der Waals surface area contributed by atoms with Crippen LogP contribution in [0.4, 0.5) is 4.39 Å². The molecule has 2 aliphatic rings. The number of nitrogens with zero attached hydrogens (tertiary/aromatic N) is 2. The third-order valence-corrected chi connectivity index (χ3v) is 6.12. The average molecular weight is 371 g/mol. The lowest BCUT2D eigenvalue weighted by atomic mass is 9.85. The molecule has 2 aliphatic heterocycles. The molecule has 0 aliphatic carbocycles. The van der Waals surface area contributed by atoms with Crippen molar-refractivity contribution in [1.82, 2.24) is 9.80 Å². The van der Waals surface area contributed by atoms with Crippen LogP contribution in [-0.2, 0) is 14.8 Å². The second kappa shape index (κ2) is 6.64. The molecule has 1 amide bonds. The lowest BCUT2D eigenvalue weighted by molar-refractivity contribution is -0.0544. The van der Waals surface area contributed by atoms with E-state index in [0.29, 0.717) is 32.8 Å². The normalized spacial score (nSPS) is 21.5. The van der Waals surface area contributed by atoms with Crippen molar-refractivity contribution in [2.24, 2.45) is 5.14 Å². The highest BCUT2D eigenvalue weighted by molar-refractivity contribution is 7.89. The van der Waals surface area contributed by atoms with Gasteiger partial charge in [-0.25, -0.2) is 17.9 Å². The Morgan fingerprint density at radius 2 is 1.96 bits per heavy atom. The number of hydrogen-bond acceptors (Lipinski definition) is 5. The number of carbonyl (C=O) groups is 1. The standard InChI is InChI=1S/C16H22FN3O4S/c1-19-6-7-20(11-16(19)4-8-24-9-5-16)15(21)13-10-12(25(18,22)23)2-3-14(13)17/h2-3,10H,4-9,11H2,1H3,(H2,18,22,23). The minimum absolute atomic E-state index is 0.180. The number of carbonyl (C=O) groups excluding carboxylic acids is 1. The Morgan fingerprint density at radius 1 is 1.28 bits per heavy atom. The summed E-state index contributed by atoms with van der Waals surface area (Å²) in [6, 6.07) is 3.04. The minimum atomic E-state index is -4.00. The smallest absolute Gasteiger partial charge is 0.256 e. The first-order valence-electron chi connectivity index (χ1n) is 8.14.